The normalized spacial score (nSPS) is 17.8. The van der Waals surface area contributed by atoms with Crippen LogP contribution in [0.3, 0.4) is 0 Å². The van der Waals surface area contributed by atoms with Gasteiger partial charge in [-0.3, -0.25) is 9.35 Å². The lowest BCUT2D eigenvalue weighted by molar-refractivity contribution is 0.597. The molecule has 4 heterocycles. The molecule has 2 aliphatic rings. The summed E-state index contributed by atoms with van der Waals surface area (Å²) in [4.78, 5) is 0. The zero-order valence-electron chi connectivity index (χ0n) is 9.45. The zero-order chi connectivity index (χ0) is 10.5. The van der Waals surface area contributed by atoms with Gasteiger partial charge in [0.1, 0.15) is 0 Å². The van der Waals surface area contributed by atoms with Gasteiger partial charge < -0.3 is 0 Å². The maximum absolute atomic E-state index is 2.48. The fourth-order valence-corrected chi connectivity index (χ4v) is 3.21. The van der Waals surface area contributed by atoms with Crippen LogP contribution in [0, 0.1) is 0 Å². The minimum atomic E-state index is 1.22. The third-order valence-electron chi connectivity index (χ3n) is 3.96. The minimum absolute atomic E-state index is 1.22. The Balaban J connectivity index is 2.10. The molecule has 0 atom stereocenters. The van der Waals surface area contributed by atoms with Crippen LogP contribution >= 0.6 is 0 Å². The van der Waals surface area contributed by atoms with Crippen molar-refractivity contribution in [2.24, 2.45) is 0 Å². The van der Waals surface area contributed by atoms with E-state index in [1.807, 2.05) is 0 Å². The fraction of sp³-hybridized carbons (Fsp3) is 0.429. The lowest BCUT2D eigenvalue weighted by Crippen LogP contribution is -2.15. The number of hydrogen-bond acceptors (Lipinski definition) is 0. The first kappa shape index (κ1) is 8.68. The Morgan fingerprint density at radius 3 is 1.19 bits per heavy atom. The average molecular weight is 212 g/mol. The molecule has 2 aliphatic heterocycles. The molecule has 0 saturated heterocycles. The van der Waals surface area contributed by atoms with Crippen molar-refractivity contribution >= 4 is 0 Å². The van der Waals surface area contributed by atoms with E-state index in [4.69, 9.17) is 0 Å². The van der Waals surface area contributed by atoms with Crippen LogP contribution in [-0.2, 0) is 25.7 Å². The van der Waals surface area contributed by atoms with Gasteiger partial charge in [0.05, 0.1) is 0 Å². The van der Waals surface area contributed by atoms with E-state index in [0.29, 0.717) is 0 Å². The van der Waals surface area contributed by atoms with Crippen LogP contribution in [0.2, 0.25) is 0 Å². The van der Waals surface area contributed by atoms with Crippen molar-refractivity contribution in [3.63, 3.8) is 0 Å². The molecular weight excluding hydrogens is 196 g/mol. The van der Waals surface area contributed by atoms with Crippen LogP contribution in [0.5, 0.6) is 0 Å². The largest absolute Gasteiger partial charge is 0.258 e. The summed E-state index contributed by atoms with van der Waals surface area (Å²) in [5.41, 5.74) is 5.97. The molecule has 2 aromatic rings. The Morgan fingerprint density at radius 2 is 0.875 bits per heavy atom. The SMILES string of the molecule is c1cc2n3c1CCCc1ccc(n1-3)CCC2. The Labute approximate surface area is 95.5 Å². The van der Waals surface area contributed by atoms with Crippen molar-refractivity contribution in [1.29, 1.82) is 0 Å². The highest BCUT2D eigenvalue weighted by molar-refractivity contribution is 5.27. The van der Waals surface area contributed by atoms with Gasteiger partial charge in [-0.05, 0) is 62.8 Å². The van der Waals surface area contributed by atoms with Gasteiger partial charge in [-0.2, -0.15) is 0 Å². The molecule has 2 nitrogen and oxygen atoms in total. The quantitative estimate of drug-likeness (QED) is 0.635. The molecule has 82 valence electrons. The molecule has 0 spiro atoms. The molecule has 0 saturated carbocycles. The Kier molecular flexibility index (Phi) is 1.65. The highest BCUT2D eigenvalue weighted by atomic mass is 15.5. The summed E-state index contributed by atoms with van der Waals surface area (Å²) in [7, 11) is 0. The Hall–Kier alpha value is -1.44. The number of nitrogens with zero attached hydrogens (tertiary/aromatic N) is 2. The van der Waals surface area contributed by atoms with Crippen LogP contribution < -0.4 is 0 Å². The minimum Gasteiger partial charge on any atom is -0.258 e. The standard InChI is InChI=1S/C14H16N2/c1-3-11-7-9-13-5-2-6-14-10-8-12(4-1)16(14)15(11)13/h7-10H,1-6H2. The summed E-state index contributed by atoms with van der Waals surface area (Å²) in [5, 5.41) is 0. The van der Waals surface area contributed by atoms with Crippen LogP contribution in [0.1, 0.15) is 35.6 Å². The maximum atomic E-state index is 2.48. The molecule has 16 heavy (non-hydrogen) atoms. The van der Waals surface area contributed by atoms with Gasteiger partial charge in [-0.25, -0.2) is 0 Å². The smallest absolute Gasteiger partial charge is 0.0407 e. The fourth-order valence-electron chi connectivity index (χ4n) is 3.21. The van der Waals surface area contributed by atoms with Crippen molar-refractivity contribution in [3.8, 4) is 0 Å². The molecule has 4 rings (SSSR count). The van der Waals surface area contributed by atoms with E-state index in [0.717, 1.165) is 0 Å². The molecule has 0 unspecified atom stereocenters. The van der Waals surface area contributed by atoms with Gasteiger partial charge in [0.15, 0.2) is 0 Å². The van der Waals surface area contributed by atoms with E-state index in [9.17, 15) is 0 Å². The van der Waals surface area contributed by atoms with Gasteiger partial charge in [0.25, 0.3) is 0 Å². The van der Waals surface area contributed by atoms with Crippen LogP contribution in [0.15, 0.2) is 24.3 Å². The monoisotopic (exact) mass is 212 g/mol. The highest BCUT2D eigenvalue weighted by Crippen LogP contribution is 2.26. The molecule has 0 fully saturated rings. The van der Waals surface area contributed by atoms with Gasteiger partial charge in [-0.1, -0.05) is 0 Å². The van der Waals surface area contributed by atoms with Crippen LogP contribution in [0.4, 0.5) is 0 Å². The highest BCUT2D eigenvalue weighted by Gasteiger charge is 2.21. The average Bonchev–Trinajstić information content (AvgIpc) is 2.76. The first-order chi connectivity index (χ1) is 7.93. The molecule has 0 bridgehead atoms. The topological polar surface area (TPSA) is 9.86 Å². The molecule has 0 N–H and O–H groups in total. The van der Waals surface area contributed by atoms with Crippen molar-refractivity contribution in [2.45, 2.75) is 38.5 Å². The van der Waals surface area contributed by atoms with E-state index in [2.05, 4.69) is 33.6 Å². The summed E-state index contributed by atoms with van der Waals surface area (Å²) in [6.07, 6.45) is 7.46. The lowest BCUT2D eigenvalue weighted by atomic mass is 10.1. The first-order valence-corrected chi connectivity index (χ1v) is 6.33. The van der Waals surface area contributed by atoms with Crippen molar-refractivity contribution < 1.29 is 0 Å². The van der Waals surface area contributed by atoms with E-state index in [1.54, 1.807) is 0 Å². The second kappa shape index (κ2) is 3.03. The maximum Gasteiger partial charge on any atom is 0.0407 e. The third-order valence-corrected chi connectivity index (χ3v) is 3.96. The Morgan fingerprint density at radius 1 is 0.562 bits per heavy atom. The van der Waals surface area contributed by atoms with Gasteiger partial charge in [0, 0.05) is 22.8 Å². The van der Waals surface area contributed by atoms with Crippen LogP contribution in [0.25, 0.3) is 0 Å². The predicted octanol–water partition coefficient (Wildman–Crippen LogP) is 2.58. The van der Waals surface area contributed by atoms with E-state index in [1.165, 1.54) is 61.3 Å². The number of aromatic nitrogens is 2. The molecule has 2 heteroatoms. The summed E-state index contributed by atoms with van der Waals surface area (Å²) in [6, 6.07) is 9.28. The number of aryl methyl sites for hydroxylation is 4. The van der Waals surface area contributed by atoms with E-state index in [-0.39, 0.29) is 0 Å². The first-order valence-electron chi connectivity index (χ1n) is 6.33. The molecule has 0 amide bonds. The molecule has 0 aromatic carbocycles. The second-order valence-electron chi connectivity index (χ2n) is 4.96. The zero-order valence-corrected chi connectivity index (χ0v) is 9.45. The molecule has 0 radical (unpaired) electrons. The molecule has 0 aliphatic carbocycles. The summed E-state index contributed by atoms with van der Waals surface area (Å²) in [5.74, 6) is 0. The third kappa shape index (κ3) is 1.02. The van der Waals surface area contributed by atoms with Gasteiger partial charge in [-0.15, -0.1) is 0 Å². The number of hydrogen-bond donors (Lipinski definition) is 0. The molecule has 2 aromatic heterocycles. The van der Waals surface area contributed by atoms with Crippen molar-refractivity contribution in [3.05, 3.63) is 47.0 Å². The summed E-state index contributed by atoms with van der Waals surface area (Å²) >= 11 is 0. The lowest BCUT2D eigenvalue weighted by Gasteiger charge is -2.15. The van der Waals surface area contributed by atoms with Gasteiger partial charge >= 0.3 is 0 Å². The van der Waals surface area contributed by atoms with Crippen molar-refractivity contribution in [1.82, 2.24) is 9.35 Å². The predicted molar refractivity (Wildman–Crippen MR) is 63.7 cm³/mol. The summed E-state index contributed by atoms with van der Waals surface area (Å²) < 4.78 is 4.95. The van der Waals surface area contributed by atoms with E-state index < -0.39 is 0 Å². The van der Waals surface area contributed by atoms with E-state index >= 15 is 0 Å². The van der Waals surface area contributed by atoms with Crippen LogP contribution in [-0.4, -0.2) is 9.35 Å². The van der Waals surface area contributed by atoms with Gasteiger partial charge in [0.2, 0.25) is 0 Å². The number of rotatable bonds is 0. The molecular formula is C14H16N2. The Bertz CT molecular complexity index is 452. The second-order valence-corrected chi connectivity index (χ2v) is 4.96. The van der Waals surface area contributed by atoms with Crippen molar-refractivity contribution in [2.75, 3.05) is 0 Å². The summed E-state index contributed by atoms with van der Waals surface area (Å²) in [6.45, 7) is 0.